The molecule has 0 radical (unpaired) electrons. The van der Waals surface area contributed by atoms with E-state index in [1.54, 1.807) is 10.9 Å². The summed E-state index contributed by atoms with van der Waals surface area (Å²) in [6.07, 6.45) is 7.58. The number of benzene rings is 1. The lowest BCUT2D eigenvalue weighted by Gasteiger charge is -2.11. The molecule has 0 saturated heterocycles. The summed E-state index contributed by atoms with van der Waals surface area (Å²) in [6.45, 7) is 0.742. The second-order valence-corrected chi connectivity index (χ2v) is 4.34. The van der Waals surface area contributed by atoms with Gasteiger partial charge in [0.05, 0.1) is 17.6 Å². The van der Waals surface area contributed by atoms with E-state index < -0.39 is 0 Å². The second kappa shape index (κ2) is 4.97. The van der Waals surface area contributed by atoms with Crippen molar-refractivity contribution < 1.29 is 0 Å². The summed E-state index contributed by atoms with van der Waals surface area (Å²) in [5.41, 5.74) is 3.24. The number of rotatable bonds is 4. The largest absolute Gasteiger partial charge is 0.379 e. The van der Waals surface area contributed by atoms with Crippen LogP contribution in [0.25, 0.3) is 5.69 Å². The molecular weight excluding hydrogens is 238 g/mol. The van der Waals surface area contributed by atoms with Gasteiger partial charge in [-0.3, -0.25) is 4.68 Å². The number of hydrogen-bond donors (Lipinski definition) is 1. The van der Waals surface area contributed by atoms with Crippen molar-refractivity contribution in [2.45, 2.75) is 6.54 Å². The van der Waals surface area contributed by atoms with Crippen molar-refractivity contribution in [3.8, 4) is 5.69 Å². The molecule has 3 rings (SSSR count). The van der Waals surface area contributed by atoms with Gasteiger partial charge < -0.3 is 5.32 Å². The molecule has 0 atom stereocenters. The van der Waals surface area contributed by atoms with Crippen LogP contribution in [-0.2, 0) is 13.6 Å². The summed E-state index contributed by atoms with van der Waals surface area (Å²) < 4.78 is 3.65. The van der Waals surface area contributed by atoms with Crippen LogP contribution in [0, 0.1) is 0 Å². The molecule has 0 aliphatic carbocycles. The maximum atomic E-state index is 4.27. The minimum atomic E-state index is 0.742. The molecule has 0 fully saturated rings. The van der Waals surface area contributed by atoms with Gasteiger partial charge in [-0.1, -0.05) is 12.1 Å². The summed E-state index contributed by atoms with van der Waals surface area (Å²) in [5.74, 6) is 0. The Bertz CT molecular complexity index is 654. The summed E-state index contributed by atoms with van der Waals surface area (Å²) in [5, 5.41) is 11.8. The molecule has 0 aliphatic heterocycles. The molecule has 5 heteroatoms. The van der Waals surface area contributed by atoms with Crippen LogP contribution in [0.15, 0.2) is 55.1 Å². The highest BCUT2D eigenvalue weighted by Crippen LogP contribution is 2.19. The van der Waals surface area contributed by atoms with Crippen molar-refractivity contribution in [3.63, 3.8) is 0 Å². The first-order valence-corrected chi connectivity index (χ1v) is 6.13. The lowest BCUT2D eigenvalue weighted by Crippen LogP contribution is -2.04. The van der Waals surface area contributed by atoms with Crippen molar-refractivity contribution in [1.29, 1.82) is 0 Å². The van der Waals surface area contributed by atoms with E-state index in [9.17, 15) is 0 Å². The fourth-order valence-corrected chi connectivity index (χ4v) is 1.99. The molecule has 0 aliphatic rings. The van der Waals surface area contributed by atoms with E-state index in [0.29, 0.717) is 0 Å². The summed E-state index contributed by atoms with van der Waals surface area (Å²) >= 11 is 0. The Hall–Kier alpha value is -2.56. The standard InChI is InChI=1S/C14H15N5/c1-18-11-12(10-17-18)9-15-13-5-2-3-6-14(13)19-8-4-7-16-19/h2-8,10-11,15H,9H2,1H3. The Labute approximate surface area is 111 Å². The van der Waals surface area contributed by atoms with Crippen LogP contribution in [0.3, 0.4) is 0 Å². The van der Waals surface area contributed by atoms with E-state index in [0.717, 1.165) is 23.5 Å². The van der Waals surface area contributed by atoms with Gasteiger partial charge in [-0.25, -0.2) is 4.68 Å². The number of aryl methyl sites for hydroxylation is 1. The molecule has 0 spiro atoms. The lowest BCUT2D eigenvalue weighted by molar-refractivity contribution is 0.767. The minimum absolute atomic E-state index is 0.742. The van der Waals surface area contributed by atoms with E-state index in [1.165, 1.54) is 0 Å². The van der Waals surface area contributed by atoms with Crippen LogP contribution in [-0.4, -0.2) is 19.6 Å². The zero-order valence-corrected chi connectivity index (χ0v) is 10.7. The number of hydrogen-bond acceptors (Lipinski definition) is 3. The highest BCUT2D eigenvalue weighted by molar-refractivity contribution is 5.60. The Morgan fingerprint density at radius 1 is 1.16 bits per heavy atom. The minimum Gasteiger partial charge on any atom is -0.379 e. The van der Waals surface area contributed by atoms with Crippen LogP contribution in [0.1, 0.15) is 5.56 Å². The molecule has 96 valence electrons. The van der Waals surface area contributed by atoms with Crippen LogP contribution in [0.5, 0.6) is 0 Å². The number of aromatic nitrogens is 4. The Balaban J connectivity index is 1.81. The third kappa shape index (κ3) is 2.49. The Kier molecular flexibility index (Phi) is 3.02. The predicted molar refractivity (Wildman–Crippen MR) is 74.1 cm³/mol. The van der Waals surface area contributed by atoms with Gasteiger partial charge in [-0.15, -0.1) is 0 Å². The molecular formula is C14H15N5. The average Bonchev–Trinajstić information content (AvgIpc) is 3.08. The summed E-state index contributed by atoms with van der Waals surface area (Å²) in [7, 11) is 1.92. The van der Waals surface area contributed by atoms with Gasteiger partial charge in [0, 0.05) is 37.7 Å². The smallest absolute Gasteiger partial charge is 0.0876 e. The summed E-state index contributed by atoms with van der Waals surface area (Å²) in [6, 6.07) is 10.0. The van der Waals surface area contributed by atoms with Crippen molar-refractivity contribution in [3.05, 3.63) is 60.7 Å². The second-order valence-electron chi connectivity index (χ2n) is 4.34. The molecule has 1 N–H and O–H groups in total. The van der Waals surface area contributed by atoms with Gasteiger partial charge in [0.2, 0.25) is 0 Å². The van der Waals surface area contributed by atoms with Gasteiger partial charge >= 0.3 is 0 Å². The first-order valence-electron chi connectivity index (χ1n) is 6.13. The third-order valence-corrected chi connectivity index (χ3v) is 2.90. The van der Waals surface area contributed by atoms with Crippen LogP contribution < -0.4 is 5.32 Å². The zero-order valence-electron chi connectivity index (χ0n) is 10.7. The van der Waals surface area contributed by atoms with Crippen molar-refractivity contribution in [1.82, 2.24) is 19.6 Å². The van der Waals surface area contributed by atoms with E-state index in [-0.39, 0.29) is 0 Å². The number of nitrogens with zero attached hydrogens (tertiary/aromatic N) is 4. The molecule has 2 heterocycles. The topological polar surface area (TPSA) is 47.7 Å². The monoisotopic (exact) mass is 253 g/mol. The van der Waals surface area contributed by atoms with Crippen LogP contribution in [0.4, 0.5) is 5.69 Å². The fraction of sp³-hybridized carbons (Fsp3) is 0.143. The Morgan fingerprint density at radius 2 is 2.05 bits per heavy atom. The number of nitrogens with one attached hydrogen (secondary N) is 1. The zero-order chi connectivity index (χ0) is 13.1. The van der Waals surface area contributed by atoms with Gasteiger partial charge in [-0.05, 0) is 18.2 Å². The SMILES string of the molecule is Cn1cc(CNc2ccccc2-n2cccn2)cn1. The van der Waals surface area contributed by atoms with Gasteiger partial charge in [0.25, 0.3) is 0 Å². The van der Waals surface area contributed by atoms with Gasteiger partial charge in [-0.2, -0.15) is 10.2 Å². The highest BCUT2D eigenvalue weighted by atomic mass is 15.3. The molecule has 2 aromatic heterocycles. The molecule has 0 saturated carbocycles. The van der Waals surface area contributed by atoms with Crippen LogP contribution in [0.2, 0.25) is 0 Å². The molecule has 0 amide bonds. The average molecular weight is 253 g/mol. The van der Waals surface area contributed by atoms with Crippen molar-refractivity contribution in [2.75, 3.05) is 5.32 Å². The van der Waals surface area contributed by atoms with E-state index >= 15 is 0 Å². The van der Waals surface area contributed by atoms with E-state index in [2.05, 4.69) is 15.5 Å². The van der Waals surface area contributed by atoms with E-state index in [1.807, 2.05) is 60.7 Å². The number of anilines is 1. The predicted octanol–water partition coefficient (Wildman–Crippen LogP) is 2.22. The quantitative estimate of drug-likeness (QED) is 0.775. The maximum Gasteiger partial charge on any atom is 0.0876 e. The molecule has 1 aromatic carbocycles. The number of para-hydroxylation sites is 2. The molecule has 5 nitrogen and oxygen atoms in total. The lowest BCUT2D eigenvalue weighted by atomic mass is 10.2. The van der Waals surface area contributed by atoms with E-state index in [4.69, 9.17) is 0 Å². The van der Waals surface area contributed by atoms with Gasteiger partial charge in [0.1, 0.15) is 0 Å². The fourth-order valence-electron chi connectivity index (χ4n) is 1.99. The molecule has 0 unspecified atom stereocenters. The molecule has 3 aromatic rings. The van der Waals surface area contributed by atoms with Crippen LogP contribution >= 0.6 is 0 Å². The Morgan fingerprint density at radius 3 is 2.79 bits per heavy atom. The van der Waals surface area contributed by atoms with Gasteiger partial charge in [0.15, 0.2) is 0 Å². The summed E-state index contributed by atoms with van der Waals surface area (Å²) in [4.78, 5) is 0. The maximum absolute atomic E-state index is 4.27. The molecule has 19 heavy (non-hydrogen) atoms. The third-order valence-electron chi connectivity index (χ3n) is 2.90. The molecule has 0 bridgehead atoms. The first kappa shape index (κ1) is 11.5. The normalized spacial score (nSPS) is 10.6. The van der Waals surface area contributed by atoms with Crippen molar-refractivity contribution >= 4 is 5.69 Å². The first-order chi connectivity index (χ1) is 9.33. The highest BCUT2D eigenvalue weighted by Gasteiger charge is 2.04. The van der Waals surface area contributed by atoms with Crippen molar-refractivity contribution in [2.24, 2.45) is 7.05 Å².